The molecule has 2 atom stereocenters. The third-order valence-corrected chi connectivity index (χ3v) is 9.18. The molecule has 11 nitrogen and oxygen atoms in total. The molecule has 248 valence electrons. The molecule has 5 N–H and O–H groups in total. The first-order valence-corrected chi connectivity index (χ1v) is 15.3. The third kappa shape index (κ3) is 6.74. The van der Waals surface area contributed by atoms with Gasteiger partial charge in [-0.25, -0.2) is 4.68 Å². The lowest BCUT2D eigenvalue weighted by atomic mass is 9.76. The van der Waals surface area contributed by atoms with Gasteiger partial charge in [0.15, 0.2) is 0 Å². The lowest BCUT2D eigenvalue weighted by molar-refractivity contribution is -0.198. The highest BCUT2D eigenvalue weighted by Crippen LogP contribution is 2.43. The molecule has 2 aromatic heterocycles. The molecule has 0 radical (unpaired) electrons. The van der Waals surface area contributed by atoms with E-state index in [0.717, 1.165) is 16.7 Å². The monoisotopic (exact) mass is 651 g/mol. The van der Waals surface area contributed by atoms with Gasteiger partial charge in [0.25, 0.3) is 0 Å². The van der Waals surface area contributed by atoms with Crippen LogP contribution in [0.2, 0.25) is 0 Å². The number of aliphatic carboxylic acids is 1. The number of alkyl halides is 3. The van der Waals surface area contributed by atoms with Crippen molar-refractivity contribution in [2.24, 2.45) is 5.41 Å². The molecular formula is C33H36F3N7O4. The van der Waals surface area contributed by atoms with Crippen LogP contribution in [0.5, 0.6) is 5.88 Å². The number of carbonyl (C=O) groups is 1. The van der Waals surface area contributed by atoms with Crippen molar-refractivity contribution in [3.05, 3.63) is 77.1 Å². The number of nitrogens with one attached hydrogen (secondary N) is 1. The van der Waals surface area contributed by atoms with Crippen molar-refractivity contribution in [2.45, 2.75) is 58.0 Å². The quantitative estimate of drug-likeness (QED) is 0.210. The molecule has 0 unspecified atom stereocenters. The smallest absolute Gasteiger partial charge is 0.429 e. The van der Waals surface area contributed by atoms with E-state index in [-0.39, 0.29) is 35.1 Å². The highest BCUT2D eigenvalue weighted by atomic mass is 19.4. The number of hydrogen-bond acceptors (Lipinski definition) is 9. The summed E-state index contributed by atoms with van der Waals surface area (Å²) >= 11 is 0. The maximum Gasteiger partial charge on any atom is 0.429 e. The summed E-state index contributed by atoms with van der Waals surface area (Å²) in [6.45, 7) is 5.13. The van der Waals surface area contributed by atoms with Crippen LogP contribution in [-0.4, -0.2) is 67.8 Å². The number of hydrogen-bond donors (Lipinski definition) is 4. The zero-order valence-electron chi connectivity index (χ0n) is 26.0. The normalized spacial score (nSPS) is 18.4. The Balaban J connectivity index is 1.31. The molecule has 0 aliphatic carbocycles. The summed E-state index contributed by atoms with van der Waals surface area (Å²) in [6, 6.07) is 12.5. The van der Waals surface area contributed by atoms with Gasteiger partial charge in [0.2, 0.25) is 17.9 Å². The van der Waals surface area contributed by atoms with Crippen LogP contribution in [0.25, 0.3) is 16.8 Å². The first kappa shape index (κ1) is 32.3. The number of halogens is 3. The van der Waals surface area contributed by atoms with Gasteiger partial charge >= 0.3 is 12.1 Å². The Labute approximate surface area is 269 Å². The predicted molar refractivity (Wildman–Crippen MR) is 168 cm³/mol. The maximum absolute atomic E-state index is 14.9. The van der Waals surface area contributed by atoms with E-state index in [9.17, 15) is 28.2 Å². The summed E-state index contributed by atoms with van der Waals surface area (Å²) in [5.74, 6) is -1.09. The number of carboxylic acids is 1. The largest absolute Gasteiger partial charge is 0.480 e. The molecule has 14 heteroatoms. The van der Waals surface area contributed by atoms with Gasteiger partial charge in [0.1, 0.15) is 11.9 Å². The van der Waals surface area contributed by atoms with Crippen LogP contribution in [0, 0.1) is 19.3 Å². The number of aliphatic hydroxyl groups excluding tert-OH is 1. The third-order valence-electron chi connectivity index (χ3n) is 9.18. The number of aromatic nitrogens is 4. The van der Waals surface area contributed by atoms with Gasteiger partial charge in [0.05, 0.1) is 18.0 Å². The highest BCUT2D eigenvalue weighted by molar-refractivity contribution is 5.74. The fourth-order valence-corrected chi connectivity index (χ4v) is 6.51. The SMILES string of the molecule is Cc1ccn(-c2cc(-c3ccc(CO)c(C)c3)ccc2[C@@H](Oc2cc(N3CCC4(CC3)CN[C@H](C(=O)O)C4)nc(N)n2)C(F)(F)F)n1. The Morgan fingerprint density at radius 1 is 1.11 bits per heavy atom. The average molecular weight is 652 g/mol. The van der Waals surface area contributed by atoms with E-state index in [1.807, 2.05) is 24.0 Å². The number of aryl methyl sites for hydroxylation is 2. The Morgan fingerprint density at radius 3 is 2.45 bits per heavy atom. The van der Waals surface area contributed by atoms with Crippen molar-refractivity contribution in [3.63, 3.8) is 0 Å². The van der Waals surface area contributed by atoms with Crippen LogP contribution in [-0.2, 0) is 11.4 Å². The minimum Gasteiger partial charge on any atom is -0.480 e. The van der Waals surface area contributed by atoms with Gasteiger partial charge in [-0.15, -0.1) is 0 Å². The topological polar surface area (TPSA) is 152 Å². The number of nitrogens with two attached hydrogens (primary N) is 1. The van der Waals surface area contributed by atoms with Crippen LogP contribution < -0.4 is 20.7 Å². The average Bonchev–Trinajstić information content (AvgIpc) is 3.66. The van der Waals surface area contributed by atoms with Gasteiger partial charge in [0, 0.05) is 37.5 Å². The number of aliphatic hydroxyl groups is 1. The van der Waals surface area contributed by atoms with E-state index in [0.29, 0.717) is 56.0 Å². The summed E-state index contributed by atoms with van der Waals surface area (Å²) in [5.41, 5.74) is 9.49. The molecule has 4 heterocycles. The number of anilines is 2. The summed E-state index contributed by atoms with van der Waals surface area (Å²) in [6.07, 6.45) is -3.76. The predicted octanol–water partition coefficient (Wildman–Crippen LogP) is 4.74. The van der Waals surface area contributed by atoms with Crippen LogP contribution >= 0.6 is 0 Å². The van der Waals surface area contributed by atoms with Crippen LogP contribution in [0.15, 0.2) is 54.7 Å². The number of carboxylic acid groups (broad SMARTS) is 1. The molecule has 2 aromatic carbocycles. The van der Waals surface area contributed by atoms with Gasteiger partial charge in [-0.3, -0.25) is 4.79 Å². The number of ether oxygens (including phenoxy) is 1. The highest BCUT2D eigenvalue weighted by Gasteiger charge is 2.46. The van der Waals surface area contributed by atoms with Crippen molar-refractivity contribution >= 4 is 17.7 Å². The summed E-state index contributed by atoms with van der Waals surface area (Å²) < 4.78 is 51.6. The molecule has 1 spiro atoms. The number of rotatable bonds is 8. The fourth-order valence-electron chi connectivity index (χ4n) is 6.51. The molecule has 0 amide bonds. The minimum atomic E-state index is -4.84. The lowest BCUT2D eigenvalue weighted by Crippen LogP contribution is -2.41. The van der Waals surface area contributed by atoms with E-state index >= 15 is 0 Å². The van der Waals surface area contributed by atoms with Crippen molar-refractivity contribution in [1.82, 2.24) is 25.1 Å². The van der Waals surface area contributed by atoms with Crippen molar-refractivity contribution in [2.75, 3.05) is 30.3 Å². The summed E-state index contributed by atoms with van der Waals surface area (Å²) in [7, 11) is 0. The molecule has 6 rings (SSSR count). The molecular weight excluding hydrogens is 615 g/mol. The summed E-state index contributed by atoms with van der Waals surface area (Å²) in [4.78, 5) is 21.7. The van der Waals surface area contributed by atoms with Crippen LogP contribution in [0.1, 0.15) is 47.8 Å². The standard InChI is InChI=1S/C33H36F3N7O4/c1-19-13-21(3-4-23(19)17-44)22-5-6-24(26(14-22)43-10-7-20(2)41-43)29(33(34,35)36)47-28-15-27(39-31(37)40-28)42-11-8-32(9-12-42)16-25(30(45)46)38-18-32/h3-7,10,13-15,25,29,38,44H,8-9,11-12,16-18H2,1-2H3,(H,45,46)(H2,37,39,40)/t25-,29+/m0/s1. The second-order valence-electron chi connectivity index (χ2n) is 12.4. The number of nitrogen functional groups attached to an aromatic ring is 1. The first-order valence-electron chi connectivity index (χ1n) is 15.3. The van der Waals surface area contributed by atoms with Crippen molar-refractivity contribution < 1.29 is 32.9 Å². The molecule has 0 bridgehead atoms. The Morgan fingerprint density at radius 2 is 1.83 bits per heavy atom. The molecule has 2 aliphatic heterocycles. The van der Waals surface area contributed by atoms with Gasteiger partial charge < -0.3 is 30.9 Å². The van der Waals surface area contributed by atoms with Crippen molar-refractivity contribution in [3.8, 4) is 22.7 Å². The second kappa shape index (κ2) is 12.5. The summed E-state index contributed by atoms with van der Waals surface area (Å²) in [5, 5.41) is 26.4. The zero-order chi connectivity index (χ0) is 33.5. The second-order valence-corrected chi connectivity index (χ2v) is 12.4. The Kier molecular flexibility index (Phi) is 8.57. The maximum atomic E-state index is 14.9. The molecule has 47 heavy (non-hydrogen) atoms. The number of nitrogens with zero attached hydrogens (tertiary/aromatic N) is 5. The number of piperidine rings is 1. The van der Waals surface area contributed by atoms with Gasteiger partial charge in [-0.2, -0.15) is 28.2 Å². The van der Waals surface area contributed by atoms with Crippen molar-refractivity contribution in [1.29, 1.82) is 0 Å². The first-order chi connectivity index (χ1) is 22.3. The van der Waals surface area contributed by atoms with Crippen LogP contribution in [0.4, 0.5) is 24.9 Å². The van der Waals surface area contributed by atoms with Gasteiger partial charge in [-0.05, 0) is 72.9 Å². The molecule has 4 aromatic rings. The minimum absolute atomic E-state index is 0.119. The van der Waals surface area contributed by atoms with Gasteiger partial charge in [-0.1, -0.05) is 30.3 Å². The Hall–Kier alpha value is -4.69. The Bertz CT molecular complexity index is 1790. The van der Waals surface area contributed by atoms with E-state index in [1.54, 1.807) is 37.4 Å². The van der Waals surface area contributed by atoms with E-state index in [1.165, 1.54) is 16.8 Å². The molecule has 2 fully saturated rings. The molecule has 2 saturated heterocycles. The molecule has 0 saturated carbocycles. The van der Waals surface area contributed by atoms with E-state index < -0.39 is 24.3 Å². The van der Waals surface area contributed by atoms with E-state index in [2.05, 4.69) is 20.4 Å². The number of benzene rings is 2. The van der Waals surface area contributed by atoms with Crippen LogP contribution in [0.3, 0.4) is 0 Å². The lowest BCUT2D eigenvalue weighted by Gasteiger charge is -2.39. The zero-order valence-corrected chi connectivity index (χ0v) is 26.0. The molecule has 2 aliphatic rings. The fraction of sp³-hybridized carbons (Fsp3) is 0.394. The van der Waals surface area contributed by atoms with E-state index in [4.69, 9.17) is 10.5 Å².